The number of benzene rings is 1. The first-order valence-electron chi connectivity index (χ1n) is 5.79. The Bertz CT molecular complexity index is 694. The Labute approximate surface area is 124 Å². The van der Waals surface area contributed by atoms with Crippen molar-refractivity contribution in [1.29, 1.82) is 5.26 Å². The summed E-state index contributed by atoms with van der Waals surface area (Å²) in [6.45, 7) is 0. The van der Waals surface area contributed by atoms with Crippen molar-refractivity contribution in [3.05, 3.63) is 52.1 Å². The lowest BCUT2D eigenvalue weighted by Crippen LogP contribution is -2.15. The largest absolute Gasteiger partial charge is 0.372 e. The fourth-order valence-corrected chi connectivity index (χ4v) is 2.06. The number of nitriles is 1. The van der Waals surface area contributed by atoms with Gasteiger partial charge in [0.25, 0.3) is 5.91 Å². The number of carbonyl (C=O) groups is 1. The van der Waals surface area contributed by atoms with Gasteiger partial charge in [-0.05, 0) is 30.3 Å². The van der Waals surface area contributed by atoms with Gasteiger partial charge in [0, 0.05) is 17.7 Å². The van der Waals surface area contributed by atoms with Crippen molar-refractivity contribution in [2.75, 3.05) is 17.7 Å². The van der Waals surface area contributed by atoms with Crippen LogP contribution in [0.5, 0.6) is 0 Å². The number of rotatable bonds is 3. The lowest BCUT2D eigenvalue weighted by Gasteiger charge is -2.10. The van der Waals surface area contributed by atoms with Gasteiger partial charge in [-0.1, -0.05) is 15.9 Å². The maximum atomic E-state index is 12.2. The lowest BCUT2D eigenvalue weighted by atomic mass is 10.1. The molecule has 1 aromatic carbocycles. The molecule has 0 atom stereocenters. The molecule has 0 saturated heterocycles. The maximum Gasteiger partial charge on any atom is 0.259 e. The summed E-state index contributed by atoms with van der Waals surface area (Å²) >= 11 is 3.29. The number of pyridine rings is 1. The van der Waals surface area contributed by atoms with Crippen LogP contribution >= 0.6 is 15.9 Å². The van der Waals surface area contributed by atoms with Crippen molar-refractivity contribution in [1.82, 2.24) is 4.98 Å². The summed E-state index contributed by atoms with van der Waals surface area (Å²) in [7, 11) is 1.69. The molecule has 5 nitrogen and oxygen atoms in total. The molecule has 1 aromatic heterocycles. The van der Waals surface area contributed by atoms with Crippen LogP contribution in [0.25, 0.3) is 0 Å². The van der Waals surface area contributed by atoms with Gasteiger partial charge in [0.1, 0.15) is 11.9 Å². The number of aromatic nitrogens is 1. The molecule has 1 amide bonds. The van der Waals surface area contributed by atoms with Crippen LogP contribution in [0.3, 0.4) is 0 Å². The van der Waals surface area contributed by atoms with Gasteiger partial charge in [0.05, 0.1) is 16.8 Å². The Morgan fingerprint density at radius 3 is 2.90 bits per heavy atom. The van der Waals surface area contributed by atoms with Crippen LogP contribution in [-0.2, 0) is 0 Å². The van der Waals surface area contributed by atoms with E-state index in [2.05, 4.69) is 31.5 Å². The predicted octanol–water partition coefficient (Wildman–Crippen LogP) is 3.01. The fraction of sp³-hybridized carbons (Fsp3) is 0.0714. The molecule has 0 aliphatic rings. The van der Waals surface area contributed by atoms with Crippen LogP contribution in [0.1, 0.15) is 15.9 Å². The molecule has 0 aliphatic heterocycles. The molecular formula is C14H11BrN4O. The topological polar surface area (TPSA) is 77.8 Å². The minimum atomic E-state index is -0.318. The zero-order chi connectivity index (χ0) is 14.5. The number of nitrogens with zero attached hydrogens (tertiary/aromatic N) is 2. The molecule has 2 aromatic rings. The number of anilines is 2. The molecule has 2 rings (SSSR count). The third-order valence-electron chi connectivity index (χ3n) is 2.64. The van der Waals surface area contributed by atoms with E-state index in [1.165, 1.54) is 0 Å². The van der Waals surface area contributed by atoms with Crippen molar-refractivity contribution in [3.63, 3.8) is 0 Å². The Hall–Kier alpha value is -2.39. The second-order valence-electron chi connectivity index (χ2n) is 3.91. The minimum Gasteiger partial charge on any atom is -0.372 e. The first-order valence-corrected chi connectivity index (χ1v) is 6.58. The summed E-state index contributed by atoms with van der Waals surface area (Å²) in [5, 5.41) is 14.7. The summed E-state index contributed by atoms with van der Waals surface area (Å²) in [6.07, 6.45) is 1.60. The van der Waals surface area contributed by atoms with Gasteiger partial charge in [-0.25, -0.2) is 4.98 Å². The molecule has 0 spiro atoms. The highest BCUT2D eigenvalue weighted by atomic mass is 79.9. The highest BCUT2D eigenvalue weighted by Gasteiger charge is 2.13. The summed E-state index contributed by atoms with van der Waals surface area (Å²) in [5.41, 5.74) is 1.27. The van der Waals surface area contributed by atoms with Gasteiger partial charge in [0.15, 0.2) is 0 Å². The predicted molar refractivity (Wildman–Crippen MR) is 80.6 cm³/mol. The van der Waals surface area contributed by atoms with Crippen LogP contribution in [0.2, 0.25) is 0 Å². The first kappa shape index (κ1) is 14.0. The van der Waals surface area contributed by atoms with E-state index in [-0.39, 0.29) is 5.91 Å². The van der Waals surface area contributed by atoms with Crippen molar-refractivity contribution < 1.29 is 4.79 Å². The Balaban J connectivity index is 2.31. The molecule has 100 valence electrons. The highest BCUT2D eigenvalue weighted by Crippen LogP contribution is 2.21. The van der Waals surface area contributed by atoms with Crippen LogP contribution in [-0.4, -0.2) is 17.9 Å². The van der Waals surface area contributed by atoms with Gasteiger partial charge in [0.2, 0.25) is 0 Å². The Morgan fingerprint density at radius 2 is 2.20 bits per heavy atom. The van der Waals surface area contributed by atoms with E-state index in [4.69, 9.17) is 5.26 Å². The normalized spacial score (nSPS) is 9.65. The van der Waals surface area contributed by atoms with Crippen LogP contribution in [0.4, 0.5) is 11.5 Å². The van der Waals surface area contributed by atoms with Crippen molar-refractivity contribution in [2.45, 2.75) is 0 Å². The zero-order valence-electron chi connectivity index (χ0n) is 10.6. The van der Waals surface area contributed by atoms with E-state index < -0.39 is 0 Å². The number of amides is 1. The van der Waals surface area contributed by atoms with Gasteiger partial charge < -0.3 is 10.6 Å². The molecule has 20 heavy (non-hydrogen) atoms. The SMILES string of the molecule is CNc1ncccc1C(=O)Nc1ccc(Br)cc1C#N. The van der Waals surface area contributed by atoms with E-state index in [1.54, 1.807) is 43.6 Å². The first-order chi connectivity index (χ1) is 9.65. The standard InChI is InChI=1S/C14H11BrN4O/c1-17-13-11(3-2-6-18-13)14(20)19-12-5-4-10(15)7-9(12)8-16/h2-7H,1H3,(H,17,18)(H,19,20). The molecule has 0 radical (unpaired) electrons. The molecular weight excluding hydrogens is 320 g/mol. The fourth-order valence-electron chi connectivity index (χ4n) is 1.70. The summed E-state index contributed by atoms with van der Waals surface area (Å²) in [6, 6.07) is 10.5. The smallest absolute Gasteiger partial charge is 0.259 e. The highest BCUT2D eigenvalue weighted by molar-refractivity contribution is 9.10. The second-order valence-corrected chi connectivity index (χ2v) is 4.82. The summed E-state index contributed by atoms with van der Waals surface area (Å²) in [4.78, 5) is 16.3. The molecule has 0 aliphatic carbocycles. The third-order valence-corrected chi connectivity index (χ3v) is 3.13. The van der Waals surface area contributed by atoms with Crippen LogP contribution < -0.4 is 10.6 Å². The summed E-state index contributed by atoms with van der Waals surface area (Å²) in [5.74, 6) is 0.168. The van der Waals surface area contributed by atoms with Gasteiger partial charge in [-0.15, -0.1) is 0 Å². The number of hydrogen-bond acceptors (Lipinski definition) is 4. The quantitative estimate of drug-likeness (QED) is 0.906. The molecule has 0 fully saturated rings. The van der Waals surface area contributed by atoms with Gasteiger partial charge >= 0.3 is 0 Å². The number of carbonyl (C=O) groups excluding carboxylic acids is 1. The molecule has 0 bridgehead atoms. The monoisotopic (exact) mass is 330 g/mol. The molecule has 2 N–H and O–H groups in total. The third kappa shape index (κ3) is 2.95. The van der Waals surface area contributed by atoms with E-state index >= 15 is 0 Å². The Morgan fingerprint density at radius 1 is 1.40 bits per heavy atom. The zero-order valence-corrected chi connectivity index (χ0v) is 12.2. The van der Waals surface area contributed by atoms with Crippen molar-refractivity contribution in [2.24, 2.45) is 0 Å². The average molecular weight is 331 g/mol. The molecule has 6 heteroatoms. The molecule has 0 saturated carbocycles. The van der Waals surface area contributed by atoms with E-state index in [0.717, 1.165) is 4.47 Å². The number of nitrogens with one attached hydrogen (secondary N) is 2. The van der Waals surface area contributed by atoms with Crippen LogP contribution in [0, 0.1) is 11.3 Å². The lowest BCUT2D eigenvalue weighted by molar-refractivity contribution is 0.102. The van der Waals surface area contributed by atoms with Gasteiger partial charge in [-0.2, -0.15) is 5.26 Å². The Kier molecular flexibility index (Phi) is 4.33. The van der Waals surface area contributed by atoms with E-state index in [9.17, 15) is 4.79 Å². The molecule has 1 heterocycles. The second kappa shape index (κ2) is 6.17. The average Bonchev–Trinajstić information content (AvgIpc) is 2.48. The van der Waals surface area contributed by atoms with E-state index in [0.29, 0.717) is 22.6 Å². The van der Waals surface area contributed by atoms with Gasteiger partial charge in [-0.3, -0.25) is 4.79 Å². The van der Waals surface area contributed by atoms with Crippen molar-refractivity contribution >= 4 is 33.3 Å². The number of hydrogen-bond donors (Lipinski definition) is 2. The van der Waals surface area contributed by atoms with Crippen molar-refractivity contribution in [3.8, 4) is 6.07 Å². The summed E-state index contributed by atoms with van der Waals surface area (Å²) < 4.78 is 0.782. The maximum absolute atomic E-state index is 12.2. The van der Waals surface area contributed by atoms with Crippen LogP contribution in [0.15, 0.2) is 41.0 Å². The number of halogens is 1. The van der Waals surface area contributed by atoms with E-state index in [1.807, 2.05) is 6.07 Å². The minimum absolute atomic E-state index is 0.318. The molecule has 0 unspecified atom stereocenters.